The Labute approximate surface area is 168 Å². The minimum absolute atomic E-state index is 0.0770. The van der Waals surface area contributed by atoms with Crippen LogP contribution in [0.1, 0.15) is 26.2 Å². The van der Waals surface area contributed by atoms with Gasteiger partial charge in [0.05, 0.1) is 11.2 Å². The highest BCUT2D eigenvalue weighted by Gasteiger charge is 2.25. The van der Waals surface area contributed by atoms with Gasteiger partial charge in [0.15, 0.2) is 0 Å². The second-order valence-electron chi connectivity index (χ2n) is 7.20. The number of carbonyl (C=O) groups is 1. The molecule has 152 valence electrons. The molecule has 1 aliphatic heterocycles. The molecule has 1 atom stereocenters. The van der Waals surface area contributed by atoms with Gasteiger partial charge in [0.1, 0.15) is 22.9 Å². The average Bonchev–Trinajstić information content (AvgIpc) is 3.15. The second-order valence-corrected chi connectivity index (χ2v) is 8.12. The molecule has 0 bridgehead atoms. The lowest BCUT2D eigenvalue weighted by atomic mass is 10.0. The molecule has 1 amide bonds. The Hall–Kier alpha value is -2.81. The van der Waals surface area contributed by atoms with E-state index in [-0.39, 0.29) is 28.9 Å². The smallest absolute Gasteiger partial charge is 0.336 e. The van der Waals surface area contributed by atoms with Crippen molar-refractivity contribution in [3.8, 4) is 5.69 Å². The van der Waals surface area contributed by atoms with Crippen molar-refractivity contribution in [2.24, 2.45) is 0 Å². The van der Waals surface area contributed by atoms with Gasteiger partial charge in [0.2, 0.25) is 5.91 Å². The van der Waals surface area contributed by atoms with Crippen molar-refractivity contribution < 1.29 is 13.6 Å². The molecular formula is C20H19F2N3O3S. The van der Waals surface area contributed by atoms with Crippen LogP contribution in [0.5, 0.6) is 0 Å². The molecule has 0 saturated carbocycles. The number of piperidine rings is 1. The summed E-state index contributed by atoms with van der Waals surface area (Å²) < 4.78 is 29.6. The number of carbonyl (C=O) groups excluding carboxylic acids is 1. The summed E-state index contributed by atoms with van der Waals surface area (Å²) in [6, 6.07) is 4.19. The zero-order chi connectivity index (χ0) is 20.7. The second kappa shape index (κ2) is 7.55. The van der Waals surface area contributed by atoms with Crippen LogP contribution in [0.3, 0.4) is 0 Å². The van der Waals surface area contributed by atoms with Crippen molar-refractivity contribution in [1.29, 1.82) is 0 Å². The molecular weight excluding hydrogens is 400 g/mol. The van der Waals surface area contributed by atoms with Crippen LogP contribution in [-0.2, 0) is 11.3 Å². The monoisotopic (exact) mass is 419 g/mol. The number of amides is 1. The summed E-state index contributed by atoms with van der Waals surface area (Å²) in [4.78, 5) is 40.6. The predicted molar refractivity (Wildman–Crippen MR) is 107 cm³/mol. The van der Waals surface area contributed by atoms with E-state index in [2.05, 4.69) is 0 Å². The van der Waals surface area contributed by atoms with E-state index in [4.69, 9.17) is 0 Å². The molecule has 9 heteroatoms. The molecule has 1 saturated heterocycles. The third kappa shape index (κ3) is 3.50. The molecule has 2 aromatic heterocycles. The van der Waals surface area contributed by atoms with Gasteiger partial charge in [-0.2, -0.15) is 0 Å². The van der Waals surface area contributed by atoms with E-state index in [0.717, 1.165) is 47.3 Å². The fraction of sp³-hybridized carbons (Fsp3) is 0.350. The molecule has 0 spiro atoms. The summed E-state index contributed by atoms with van der Waals surface area (Å²) in [6.07, 6.45) is 2.85. The minimum Gasteiger partial charge on any atom is -0.338 e. The summed E-state index contributed by atoms with van der Waals surface area (Å²) in [5.41, 5.74) is -1.33. The highest BCUT2D eigenvalue weighted by molar-refractivity contribution is 7.17. The van der Waals surface area contributed by atoms with Gasteiger partial charge in [-0.25, -0.2) is 18.1 Å². The Morgan fingerprint density at radius 1 is 1.17 bits per heavy atom. The Kier molecular flexibility index (Phi) is 5.08. The van der Waals surface area contributed by atoms with Crippen molar-refractivity contribution in [2.45, 2.75) is 38.8 Å². The summed E-state index contributed by atoms with van der Waals surface area (Å²) in [5.74, 6) is -2.02. The van der Waals surface area contributed by atoms with E-state index in [9.17, 15) is 23.2 Å². The van der Waals surface area contributed by atoms with Gasteiger partial charge in [-0.3, -0.25) is 14.2 Å². The van der Waals surface area contributed by atoms with Crippen molar-refractivity contribution in [3.05, 3.63) is 62.1 Å². The van der Waals surface area contributed by atoms with Gasteiger partial charge < -0.3 is 4.90 Å². The van der Waals surface area contributed by atoms with E-state index in [1.54, 1.807) is 16.3 Å². The predicted octanol–water partition coefficient (Wildman–Crippen LogP) is 2.89. The van der Waals surface area contributed by atoms with Gasteiger partial charge in [-0.1, -0.05) is 0 Å². The first-order valence-electron chi connectivity index (χ1n) is 9.36. The number of hydrogen-bond acceptors (Lipinski definition) is 4. The van der Waals surface area contributed by atoms with E-state index in [1.165, 1.54) is 4.57 Å². The number of halogens is 2. The van der Waals surface area contributed by atoms with Crippen LogP contribution >= 0.6 is 11.3 Å². The number of likely N-dealkylation sites (tertiary alicyclic amines) is 1. The SMILES string of the molecule is CC1CCCCN1C(=O)Cn1c(=O)n(-c2cc(F)cc(F)c2)c(=O)c2sccc21. The van der Waals surface area contributed by atoms with Crippen molar-refractivity contribution >= 4 is 27.5 Å². The Bertz CT molecular complexity index is 1190. The number of rotatable bonds is 3. The standard InChI is InChI=1S/C20H19F2N3O3S/c1-12-4-2-3-6-23(12)17(26)11-24-16-5-7-29-18(16)19(27)25(20(24)28)15-9-13(21)8-14(22)10-15/h5,7-10,12H,2-4,6,11H2,1H3. The third-order valence-electron chi connectivity index (χ3n) is 5.28. The fourth-order valence-electron chi connectivity index (χ4n) is 3.83. The number of benzene rings is 1. The van der Waals surface area contributed by atoms with Crippen LogP contribution in [0.25, 0.3) is 15.9 Å². The van der Waals surface area contributed by atoms with E-state index in [1.807, 2.05) is 6.92 Å². The normalized spacial score (nSPS) is 17.1. The number of nitrogens with zero attached hydrogens (tertiary/aromatic N) is 3. The molecule has 1 aromatic carbocycles. The van der Waals surface area contributed by atoms with Gasteiger partial charge in [-0.15, -0.1) is 11.3 Å². The lowest BCUT2D eigenvalue weighted by Gasteiger charge is -2.33. The van der Waals surface area contributed by atoms with Gasteiger partial charge in [-0.05, 0) is 49.8 Å². The summed E-state index contributed by atoms with van der Waals surface area (Å²) in [5, 5.41) is 1.65. The molecule has 1 unspecified atom stereocenters. The van der Waals surface area contributed by atoms with Crippen molar-refractivity contribution in [3.63, 3.8) is 0 Å². The number of thiophene rings is 1. The molecule has 0 N–H and O–H groups in total. The minimum atomic E-state index is -0.901. The van der Waals surface area contributed by atoms with Crippen molar-refractivity contribution in [2.75, 3.05) is 6.54 Å². The van der Waals surface area contributed by atoms with Crippen LogP contribution in [0, 0.1) is 11.6 Å². The molecule has 0 aliphatic carbocycles. The first-order chi connectivity index (χ1) is 13.9. The largest absolute Gasteiger partial charge is 0.338 e. The summed E-state index contributed by atoms with van der Waals surface area (Å²) >= 11 is 1.11. The molecule has 0 radical (unpaired) electrons. The van der Waals surface area contributed by atoms with Crippen LogP contribution in [0.15, 0.2) is 39.2 Å². The van der Waals surface area contributed by atoms with Crippen LogP contribution in [0.2, 0.25) is 0 Å². The Morgan fingerprint density at radius 3 is 2.59 bits per heavy atom. The average molecular weight is 419 g/mol. The highest BCUT2D eigenvalue weighted by Crippen LogP contribution is 2.20. The summed E-state index contributed by atoms with van der Waals surface area (Å²) in [6.45, 7) is 2.35. The molecule has 1 aliphatic rings. The van der Waals surface area contributed by atoms with Gasteiger partial charge >= 0.3 is 5.69 Å². The maximum absolute atomic E-state index is 13.7. The molecule has 6 nitrogen and oxygen atoms in total. The maximum atomic E-state index is 13.7. The number of hydrogen-bond donors (Lipinski definition) is 0. The first kappa shape index (κ1) is 19.5. The van der Waals surface area contributed by atoms with Crippen LogP contribution < -0.4 is 11.2 Å². The Morgan fingerprint density at radius 2 is 1.90 bits per heavy atom. The van der Waals surface area contributed by atoms with Crippen molar-refractivity contribution in [1.82, 2.24) is 14.0 Å². The lowest BCUT2D eigenvalue weighted by Crippen LogP contribution is -2.46. The van der Waals surface area contributed by atoms with Gasteiger partial charge in [0, 0.05) is 18.7 Å². The topological polar surface area (TPSA) is 64.3 Å². The molecule has 4 rings (SSSR count). The van der Waals surface area contributed by atoms with E-state index < -0.39 is 22.9 Å². The highest BCUT2D eigenvalue weighted by atomic mass is 32.1. The lowest BCUT2D eigenvalue weighted by molar-refractivity contribution is -0.135. The Balaban J connectivity index is 1.86. The van der Waals surface area contributed by atoms with Gasteiger partial charge in [0.25, 0.3) is 5.56 Å². The zero-order valence-electron chi connectivity index (χ0n) is 15.7. The number of fused-ring (bicyclic) bond motifs is 1. The van der Waals surface area contributed by atoms with Crippen LogP contribution in [-0.4, -0.2) is 32.5 Å². The molecule has 1 fully saturated rings. The zero-order valence-corrected chi connectivity index (χ0v) is 16.5. The van der Waals surface area contributed by atoms with Crippen LogP contribution in [0.4, 0.5) is 8.78 Å². The summed E-state index contributed by atoms with van der Waals surface area (Å²) in [7, 11) is 0. The van der Waals surface area contributed by atoms with E-state index in [0.29, 0.717) is 18.1 Å². The molecule has 29 heavy (non-hydrogen) atoms. The molecule has 3 aromatic rings. The quantitative estimate of drug-likeness (QED) is 0.656. The third-order valence-corrected chi connectivity index (χ3v) is 6.17. The fourth-order valence-corrected chi connectivity index (χ4v) is 4.65. The molecule has 3 heterocycles. The van der Waals surface area contributed by atoms with E-state index >= 15 is 0 Å². The number of aromatic nitrogens is 2. The maximum Gasteiger partial charge on any atom is 0.336 e. The first-order valence-corrected chi connectivity index (χ1v) is 10.2.